The third kappa shape index (κ3) is 5.10. The number of ether oxygens (including phenoxy) is 1. The summed E-state index contributed by atoms with van der Waals surface area (Å²) in [5.74, 6) is -1.14. The second-order valence-electron chi connectivity index (χ2n) is 4.24. The van der Waals surface area contributed by atoms with Gasteiger partial charge in [-0.15, -0.1) is 0 Å². The summed E-state index contributed by atoms with van der Waals surface area (Å²) in [4.78, 5) is 34.5. The van der Waals surface area contributed by atoms with Crippen molar-refractivity contribution in [3.63, 3.8) is 0 Å². The second kappa shape index (κ2) is 7.84. The van der Waals surface area contributed by atoms with Gasteiger partial charge in [0.15, 0.2) is 0 Å². The molecule has 21 heavy (non-hydrogen) atoms. The fourth-order valence-corrected chi connectivity index (χ4v) is 1.52. The van der Waals surface area contributed by atoms with E-state index in [1.807, 2.05) is 0 Å². The van der Waals surface area contributed by atoms with Gasteiger partial charge >= 0.3 is 5.97 Å². The number of amides is 2. The zero-order valence-corrected chi connectivity index (χ0v) is 12.2. The van der Waals surface area contributed by atoms with Crippen molar-refractivity contribution >= 4 is 23.5 Å². The Balaban J connectivity index is 2.70. The van der Waals surface area contributed by atoms with Crippen LogP contribution in [0, 0.1) is 0 Å². The molecule has 0 aromatic heterocycles. The van der Waals surface area contributed by atoms with Gasteiger partial charge in [-0.3, -0.25) is 9.59 Å². The minimum Gasteiger partial charge on any atom is -0.465 e. The molecule has 2 N–H and O–H groups in total. The molecular formula is C15H18N2O4. The highest BCUT2D eigenvalue weighted by Gasteiger charge is 2.08. The van der Waals surface area contributed by atoms with Gasteiger partial charge in [0.1, 0.15) is 0 Å². The molecule has 0 atom stereocenters. The van der Waals surface area contributed by atoms with Crippen LogP contribution in [0.25, 0.3) is 0 Å². The number of likely N-dealkylation sites (N-methyl/N-ethyl adjacent to an activating group) is 1. The van der Waals surface area contributed by atoms with Gasteiger partial charge in [0.25, 0.3) is 5.91 Å². The third-order valence-corrected chi connectivity index (χ3v) is 2.62. The summed E-state index contributed by atoms with van der Waals surface area (Å²) in [5.41, 5.74) is 1.21. The van der Waals surface area contributed by atoms with Crippen molar-refractivity contribution in [1.82, 2.24) is 5.32 Å². The van der Waals surface area contributed by atoms with Crippen molar-refractivity contribution < 1.29 is 19.1 Å². The van der Waals surface area contributed by atoms with Gasteiger partial charge in [0.2, 0.25) is 5.91 Å². The smallest absolute Gasteiger partial charge is 0.337 e. The van der Waals surface area contributed by atoms with Crippen molar-refractivity contribution in [2.75, 3.05) is 19.0 Å². The van der Waals surface area contributed by atoms with Crippen LogP contribution in [0.15, 0.2) is 35.9 Å². The second-order valence-corrected chi connectivity index (χ2v) is 4.24. The first kappa shape index (κ1) is 16.4. The lowest BCUT2D eigenvalue weighted by Gasteiger charge is -2.06. The first-order chi connectivity index (χ1) is 9.97. The first-order valence-electron chi connectivity index (χ1n) is 6.43. The van der Waals surface area contributed by atoms with Crippen LogP contribution in [-0.4, -0.2) is 31.4 Å². The molecule has 0 aliphatic carbocycles. The van der Waals surface area contributed by atoms with Crippen molar-refractivity contribution in [3.8, 4) is 0 Å². The summed E-state index contributed by atoms with van der Waals surface area (Å²) in [5, 5.41) is 5.21. The number of nitrogens with one attached hydrogen (secondary N) is 2. The molecule has 0 bridgehead atoms. The summed E-state index contributed by atoms with van der Waals surface area (Å²) >= 11 is 0. The van der Waals surface area contributed by atoms with Crippen LogP contribution < -0.4 is 10.6 Å². The van der Waals surface area contributed by atoms with Crippen LogP contribution in [0.2, 0.25) is 0 Å². The molecular weight excluding hydrogens is 272 g/mol. The van der Waals surface area contributed by atoms with Crippen LogP contribution in [-0.2, 0) is 14.3 Å². The maximum Gasteiger partial charge on any atom is 0.337 e. The highest BCUT2D eigenvalue weighted by molar-refractivity contribution is 6.07. The molecule has 1 aromatic carbocycles. The van der Waals surface area contributed by atoms with E-state index in [-0.39, 0.29) is 17.4 Å². The van der Waals surface area contributed by atoms with Crippen LogP contribution in [0.5, 0.6) is 0 Å². The van der Waals surface area contributed by atoms with E-state index < -0.39 is 5.97 Å². The predicted octanol–water partition coefficient (Wildman–Crippen LogP) is 1.49. The van der Waals surface area contributed by atoms with Gasteiger partial charge < -0.3 is 15.4 Å². The molecule has 1 rings (SSSR count). The summed E-state index contributed by atoms with van der Waals surface area (Å²) in [7, 11) is 1.30. The summed E-state index contributed by atoms with van der Waals surface area (Å²) in [6.07, 6.45) is 1.24. The van der Waals surface area contributed by atoms with E-state index in [9.17, 15) is 14.4 Å². The Morgan fingerprint density at radius 2 is 1.81 bits per heavy atom. The molecule has 2 amide bonds. The Morgan fingerprint density at radius 1 is 1.19 bits per heavy atom. The summed E-state index contributed by atoms with van der Waals surface area (Å²) < 4.78 is 4.58. The number of carbonyl (C=O) groups excluding carboxylic acids is 3. The molecule has 0 saturated carbocycles. The van der Waals surface area contributed by atoms with E-state index in [0.717, 1.165) is 0 Å². The summed E-state index contributed by atoms with van der Waals surface area (Å²) in [6, 6.07) is 6.27. The monoisotopic (exact) mass is 290 g/mol. The number of hydrogen-bond acceptors (Lipinski definition) is 4. The van der Waals surface area contributed by atoms with Gasteiger partial charge in [0.05, 0.1) is 12.7 Å². The van der Waals surface area contributed by atoms with Crippen molar-refractivity contribution in [1.29, 1.82) is 0 Å². The number of hydrogen-bond donors (Lipinski definition) is 2. The molecule has 0 heterocycles. The molecule has 112 valence electrons. The first-order valence-corrected chi connectivity index (χ1v) is 6.43. The quantitative estimate of drug-likeness (QED) is 0.635. The zero-order valence-electron chi connectivity index (χ0n) is 12.2. The molecule has 0 fully saturated rings. The van der Waals surface area contributed by atoms with Crippen molar-refractivity contribution in [2.24, 2.45) is 0 Å². The average Bonchev–Trinajstić information content (AvgIpc) is 2.47. The Morgan fingerprint density at radius 3 is 2.33 bits per heavy atom. The minimum atomic E-state index is -0.444. The van der Waals surface area contributed by atoms with Gasteiger partial charge in [-0.25, -0.2) is 4.79 Å². The van der Waals surface area contributed by atoms with Gasteiger partial charge in [-0.1, -0.05) is 0 Å². The van der Waals surface area contributed by atoms with E-state index in [0.29, 0.717) is 17.8 Å². The Kier molecular flexibility index (Phi) is 6.13. The number of methoxy groups -OCH3 is 1. The number of benzene rings is 1. The molecule has 0 aliphatic heterocycles. The number of carbonyl (C=O) groups is 3. The molecule has 6 heteroatoms. The molecule has 6 nitrogen and oxygen atoms in total. The van der Waals surface area contributed by atoms with Gasteiger partial charge in [-0.05, 0) is 38.1 Å². The fourth-order valence-electron chi connectivity index (χ4n) is 1.52. The Labute approximate surface area is 123 Å². The van der Waals surface area contributed by atoms with E-state index in [1.54, 1.807) is 38.1 Å². The van der Waals surface area contributed by atoms with Gasteiger partial charge in [-0.2, -0.15) is 0 Å². The topological polar surface area (TPSA) is 84.5 Å². The van der Waals surface area contributed by atoms with E-state index >= 15 is 0 Å². The predicted molar refractivity (Wildman–Crippen MR) is 78.9 cm³/mol. The Hall–Kier alpha value is -2.63. The highest BCUT2D eigenvalue weighted by atomic mass is 16.5. The molecule has 1 aromatic rings. The lowest BCUT2D eigenvalue weighted by Crippen LogP contribution is -2.22. The van der Waals surface area contributed by atoms with Crippen LogP contribution >= 0.6 is 0 Å². The normalized spacial score (nSPS) is 10.7. The number of esters is 1. The third-order valence-electron chi connectivity index (χ3n) is 2.62. The minimum absolute atomic E-state index is 0.290. The van der Waals surface area contributed by atoms with Crippen molar-refractivity contribution in [2.45, 2.75) is 13.8 Å². The maximum absolute atomic E-state index is 11.9. The fraction of sp³-hybridized carbons (Fsp3) is 0.267. The molecule has 0 unspecified atom stereocenters. The van der Waals surface area contributed by atoms with Crippen LogP contribution in [0.1, 0.15) is 24.2 Å². The van der Waals surface area contributed by atoms with E-state index in [1.165, 1.54) is 13.2 Å². The summed E-state index contributed by atoms with van der Waals surface area (Å²) in [6.45, 7) is 3.84. The lowest BCUT2D eigenvalue weighted by molar-refractivity contribution is -0.117. The number of rotatable bonds is 5. The average molecular weight is 290 g/mol. The molecule has 0 saturated heterocycles. The highest BCUT2D eigenvalue weighted by Crippen LogP contribution is 2.11. The van der Waals surface area contributed by atoms with E-state index in [4.69, 9.17) is 0 Å². The maximum atomic E-state index is 11.9. The van der Waals surface area contributed by atoms with E-state index in [2.05, 4.69) is 15.4 Å². The van der Waals surface area contributed by atoms with Crippen LogP contribution in [0.3, 0.4) is 0 Å². The van der Waals surface area contributed by atoms with Crippen molar-refractivity contribution in [3.05, 3.63) is 41.5 Å². The molecule has 0 radical (unpaired) electrons. The zero-order chi connectivity index (χ0) is 15.8. The molecule has 0 spiro atoms. The SMILES string of the molecule is CCNC(=O)/C=C(\C)C(=O)Nc1ccc(C(=O)OC)cc1. The Bertz CT molecular complexity index is 562. The largest absolute Gasteiger partial charge is 0.465 e. The number of anilines is 1. The standard InChI is InChI=1S/C15H18N2O4/c1-4-16-13(18)9-10(2)14(19)17-12-7-5-11(6-8-12)15(20)21-3/h5-9H,4H2,1-3H3,(H,16,18)(H,17,19)/b10-9+. The van der Waals surface area contributed by atoms with Crippen LogP contribution in [0.4, 0.5) is 5.69 Å². The van der Waals surface area contributed by atoms with Gasteiger partial charge in [0, 0.05) is 23.9 Å². The lowest BCUT2D eigenvalue weighted by atomic mass is 10.2. The molecule has 0 aliphatic rings.